The molecule has 116 valence electrons. The van der Waals surface area contributed by atoms with Gasteiger partial charge in [0.25, 0.3) is 0 Å². The van der Waals surface area contributed by atoms with E-state index in [1.165, 1.54) is 24.8 Å². The van der Waals surface area contributed by atoms with Crippen LogP contribution in [0.4, 0.5) is 5.69 Å². The number of hydrogen-bond donors (Lipinski definition) is 0. The Kier molecular flexibility index (Phi) is 6.97. The van der Waals surface area contributed by atoms with Gasteiger partial charge in [-0.15, -0.1) is 0 Å². The van der Waals surface area contributed by atoms with Gasteiger partial charge in [0.05, 0.1) is 22.1 Å². The molecule has 1 aromatic heterocycles. The molecule has 0 radical (unpaired) electrons. The largest absolute Gasteiger partial charge is 0.244 e. The van der Waals surface area contributed by atoms with Crippen molar-refractivity contribution in [3.05, 3.63) is 58.4 Å². The first-order valence-electron chi connectivity index (χ1n) is 7.57. The third kappa shape index (κ3) is 5.62. The lowest BCUT2D eigenvalue weighted by atomic mass is 10.1. The Morgan fingerprint density at radius 2 is 1.96 bits per heavy atom. The van der Waals surface area contributed by atoms with Crippen molar-refractivity contribution in [2.45, 2.75) is 32.6 Å². The molecule has 0 amide bonds. The molecule has 0 aliphatic heterocycles. The lowest BCUT2D eigenvalue weighted by Gasteiger charge is -2.00. The Morgan fingerprint density at radius 1 is 1.17 bits per heavy atom. The highest BCUT2D eigenvalue weighted by molar-refractivity contribution is 7.78. The highest BCUT2D eigenvalue weighted by Crippen LogP contribution is 2.19. The molecule has 2 aromatic rings. The summed E-state index contributed by atoms with van der Waals surface area (Å²) >= 11 is 10.7. The normalized spacial score (nSPS) is 9.65. The van der Waals surface area contributed by atoms with Crippen LogP contribution in [0.25, 0.3) is 0 Å². The molecule has 2 nitrogen and oxygen atoms in total. The van der Waals surface area contributed by atoms with Crippen LogP contribution in [-0.4, -0.2) is 10.1 Å². The lowest BCUT2D eigenvalue weighted by Crippen LogP contribution is -1.86. The smallest absolute Gasteiger partial charge is 0.132 e. The predicted molar refractivity (Wildman–Crippen MR) is 99.6 cm³/mol. The first kappa shape index (κ1) is 17.4. The predicted octanol–water partition coefficient (Wildman–Crippen LogP) is 5.60. The summed E-state index contributed by atoms with van der Waals surface area (Å²) in [5, 5.41) is 2.74. The van der Waals surface area contributed by atoms with E-state index in [4.69, 9.17) is 11.6 Å². The molecular formula is C19H17ClN2S. The van der Waals surface area contributed by atoms with Gasteiger partial charge in [0.1, 0.15) is 5.69 Å². The quantitative estimate of drug-likeness (QED) is 0.306. The second-order valence-electron chi connectivity index (χ2n) is 5.13. The Labute approximate surface area is 147 Å². The minimum Gasteiger partial charge on any atom is -0.244 e. The zero-order chi connectivity index (χ0) is 16.5. The zero-order valence-corrected chi connectivity index (χ0v) is 14.5. The van der Waals surface area contributed by atoms with Crippen molar-refractivity contribution < 1.29 is 0 Å². The number of aliphatic imine (C=N–C) groups is 1. The van der Waals surface area contributed by atoms with Gasteiger partial charge in [-0.3, -0.25) is 0 Å². The third-order valence-electron chi connectivity index (χ3n) is 3.35. The number of rotatable bonds is 5. The first-order chi connectivity index (χ1) is 11.2. The standard InChI is InChI=1S/C19H17ClN2S/c1-2-3-4-5-15-6-8-16(9-7-15)10-11-19-18(20)12-17(13-21-19)22-14-23/h6-9,12-13H,2-5H2,1H3. The molecule has 0 aliphatic carbocycles. The summed E-state index contributed by atoms with van der Waals surface area (Å²) < 4.78 is 0. The fraction of sp³-hybridized carbons (Fsp3) is 0.263. The fourth-order valence-electron chi connectivity index (χ4n) is 2.10. The van der Waals surface area contributed by atoms with Crippen LogP contribution < -0.4 is 0 Å². The summed E-state index contributed by atoms with van der Waals surface area (Å²) in [6, 6.07) is 10.0. The van der Waals surface area contributed by atoms with Crippen LogP contribution in [0.15, 0.2) is 41.5 Å². The molecule has 0 aliphatic rings. The molecular weight excluding hydrogens is 324 g/mol. The van der Waals surface area contributed by atoms with Crippen molar-refractivity contribution in [3.8, 4) is 11.8 Å². The van der Waals surface area contributed by atoms with Crippen molar-refractivity contribution in [1.82, 2.24) is 4.98 Å². The van der Waals surface area contributed by atoms with Gasteiger partial charge in [-0.1, -0.05) is 49.4 Å². The van der Waals surface area contributed by atoms with Crippen molar-refractivity contribution in [2.24, 2.45) is 4.99 Å². The molecule has 23 heavy (non-hydrogen) atoms. The molecule has 2 rings (SSSR count). The Hall–Kier alpha value is -1.98. The van der Waals surface area contributed by atoms with Gasteiger partial charge in [-0.25, -0.2) is 4.98 Å². The second-order valence-corrected chi connectivity index (χ2v) is 5.72. The summed E-state index contributed by atoms with van der Waals surface area (Å²) in [5.74, 6) is 6.07. The van der Waals surface area contributed by atoms with E-state index in [9.17, 15) is 0 Å². The molecule has 0 N–H and O–H groups in total. The molecule has 0 bridgehead atoms. The molecule has 0 fully saturated rings. The molecule has 1 heterocycles. The monoisotopic (exact) mass is 340 g/mol. The molecule has 0 saturated heterocycles. The summed E-state index contributed by atoms with van der Waals surface area (Å²) in [4.78, 5) is 8.03. The van der Waals surface area contributed by atoms with E-state index in [2.05, 4.69) is 58.3 Å². The number of nitrogens with zero attached hydrogens (tertiary/aromatic N) is 2. The number of benzene rings is 1. The Morgan fingerprint density at radius 3 is 2.61 bits per heavy atom. The van der Waals surface area contributed by atoms with E-state index >= 15 is 0 Å². The third-order valence-corrected chi connectivity index (χ3v) is 3.73. The van der Waals surface area contributed by atoms with E-state index in [0.717, 1.165) is 12.0 Å². The summed E-state index contributed by atoms with van der Waals surface area (Å²) in [5.41, 5.74) is 3.40. The molecule has 0 spiro atoms. The lowest BCUT2D eigenvalue weighted by molar-refractivity contribution is 0.717. The van der Waals surface area contributed by atoms with Gasteiger partial charge in [-0.05, 0) is 54.7 Å². The van der Waals surface area contributed by atoms with Gasteiger partial charge in [0, 0.05) is 5.56 Å². The van der Waals surface area contributed by atoms with Crippen LogP contribution in [0.3, 0.4) is 0 Å². The fourth-order valence-corrected chi connectivity index (χ4v) is 2.41. The summed E-state index contributed by atoms with van der Waals surface area (Å²) in [6.45, 7) is 2.21. The molecule has 1 aromatic carbocycles. The average molecular weight is 341 g/mol. The number of thiocarbonyl (C=S) groups is 1. The molecule has 0 saturated carbocycles. The topological polar surface area (TPSA) is 25.2 Å². The van der Waals surface area contributed by atoms with Gasteiger partial charge in [-0.2, -0.15) is 4.99 Å². The van der Waals surface area contributed by atoms with Crippen molar-refractivity contribution in [2.75, 3.05) is 0 Å². The minimum atomic E-state index is 0.459. The van der Waals surface area contributed by atoms with Crippen LogP contribution in [0.2, 0.25) is 5.02 Å². The van der Waals surface area contributed by atoms with E-state index in [0.29, 0.717) is 16.4 Å². The highest BCUT2D eigenvalue weighted by Gasteiger charge is 2.00. The second kappa shape index (κ2) is 9.22. The van der Waals surface area contributed by atoms with Crippen LogP contribution in [-0.2, 0) is 6.42 Å². The molecule has 0 atom stereocenters. The Bertz CT molecular complexity index is 766. The first-order valence-corrected chi connectivity index (χ1v) is 8.36. The molecule has 4 heteroatoms. The van der Waals surface area contributed by atoms with E-state index in [-0.39, 0.29) is 0 Å². The maximum absolute atomic E-state index is 6.14. The van der Waals surface area contributed by atoms with Crippen molar-refractivity contribution in [3.63, 3.8) is 0 Å². The summed E-state index contributed by atoms with van der Waals surface area (Å²) in [7, 11) is 0. The Balaban J connectivity index is 2.08. The van der Waals surface area contributed by atoms with Crippen molar-refractivity contribution in [1.29, 1.82) is 0 Å². The van der Waals surface area contributed by atoms with Crippen LogP contribution >= 0.6 is 23.8 Å². The van der Waals surface area contributed by atoms with E-state index in [1.807, 2.05) is 12.1 Å². The number of pyridine rings is 1. The van der Waals surface area contributed by atoms with Crippen molar-refractivity contribution >= 4 is 34.7 Å². The maximum atomic E-state index is 6.14. The van der Waals surface area contributed by atoms with Gasteiger partial charge in [0.2, 0.25) is 0 Å². The number of halogens is 1. The minimum absolute atomic E-state index is 0.459. The van der Waals surface area contributed by atoms with E-state index in [1.54, 1.807) is 12.3 Å². The van der Waals surface area contributed by atoms with Gasteiger partial charge >= 0.3 is 0 Å². The number of aromatic nitrogens is 1. The highest BCUT2D eigenvalue weighted by atomic mass is 35.5. The zero-order valence-electron chi connectivity index (χ0n) is 13.0. The maximum Gasteiger partial charge on any atom is 0.132 e. The number of hydrogen-bond acceptors (Lipinski definition) is 3. The van der Waals surface area contributed by atoms with Gasteiger partial charge in [0.15, 0.2) is 0 Å². The van der Waals surface area contributed by atoms with Crippen LogP contribution in [0.1, 0.15) is 43.0 Å². The number of aryl methyl sites for hydroxylation is 1. The van der Waals surface area contributed by atoms with Crippen LogP contribution in [0.5, 0.6) is 0 Å². The number of isothiocyanates is 1. The van der Waals surface area contributed by atoms with E-state index < -0.39 is 0 Å². The number of unbranched alkanes of at least 4 members (excludes halogenated alkanes) is 2. The average Bonchev–Trinajstić information content (AvgIpc) is 2.56. The van der Waals surface area contributed by atoms with Crippen LogP contribution in [0, 0.1) is 11.8 Å². The van der Waals surface area contributed by atoms with Gasteiger partial charge < -0.3 is 0 Å². The molecule has 0 unspecified atom stereocenters. The SMILES string of the molecule is CCCCCc1ccc(C#Cc2ncc(N=C=S)cc2Cl)cc1. The summed E-state index contributed by atoms with van der Waals surface area (Å²) in [6.07, 6.45) is 6.45.